The zero-order valence-electron chi connectivity index (χ0n) is 14.7. The van der Waals surface area contributed by atoms with Crippen molar-refractivity contribution in [3.05, 3.63) is 77.2 Å². The summed E-state index contributed by atoms with van der Waals surface area (Å²) in [6.45, 7) is 1.56. The Hall–Kier alpha value is -2.61. The van der Waals surface area contributed by atoms with Gasteiger partial charge in [0.2, 0.25) is 0 Å². The van der Waals surface area contributed by atoms with Crippen molar-refractivity contribution in [1.29, 1.82) is 0 Å². The Bertz CT molecular complexity index is 1080. The van der Waals surface area contributed by atoms with E-state index in [1.165, 1.54) is 12.1 Å². The van der Waals surface area contributed by atoms with Crippen molar-refractivity contribution in [3.63, 3.8) is 0 Å². The number of rotatable bonds is 3. The highest BCUT2D eigenvalue weighted by Gasteiger charge is 2.27. The quantitative estimate of drug-likeness (QED) is 0.543. The SMILES string of the molecule is Cl.Fc1ccc(C2NCCn3c(-c4csc(-c5ccccc5)n4)nnc32)cc1. The predicted molar refractivity (Wildman–Crippen MR) is 110 cm³/mol. The third kappa shape index (κ3) is 3.32. The second-order valence-corrected chi connectivity index (χ2v) is 7.23. The summed E-state index contributed by atoms with van der Waals surface area (Å²) in [6.07, 6.45) is 0. The summed E-state index contributed by atoms with van der Waals surface area (Å²) >= 11 is 1.60. The minimum Gasteiger partial charge on any atom is -0.307 e. The Morgan fingerprint density at radius 2 is 1.82 bits per heavy atom. The van der Waals surface area contributed by atoms with Crippen LogP contribution in [-0.2, 0) is 6.54 Å². The summed E-state index contributed by atoms with van der Waals surface area (Å²) in [5.41, 5.74) is 2.90. The first-order chi connectivity index (χ1) is 13.3. The van der Waals surface area contributed by atoms with Gasteiger partial charge in [0.15, 0.2) is 11.6 Å². The van der Waals surface area contributed by atoms with Crippen LogP contribution in [0.1, 0.15) is 17.4 Å². The number of fused-ring (bicyclic) bond motifs is 1. The molecular weight excluding hydrogens is 397 g/mol. The van der Waals surface area contributed by atoms with Crippen LogP contribution < -0.4 is 5.32 Å². The summed E-state index contributed by atoms with van der Waals surface area (Å²) < 4.78 is 15.4. The van der Waals surface area contributed by atoms with Crippen LogP contribution in [0.2, 0.25) is 0 Å². The Morgan fingerprint density at radius 1 is 1.04 bits per heavy atom. The lowest BCUT2D eigenvalue weighted by molar-refractivity contribution is 0.457. The molecule has 1 N–H and O–H groups in total. The highest BCUT2D eigenvalue weighted by atomic mass is 35.5. The van der Waals surface area contributed by atoms with Gasteiger partial charge in [-0.2, -0.15) is 0 Å². The van der Waals surface area contributed by atoms with E-state index in [-0.39, 0.29) is 24.3 Å². The van der Waals surface area contributed by atoms with Crippen LogP contribution in [0.15, 0.2) is 60.0 Å². The van der Waals surface area contributed by atoms with Gasteiger partial charge < -0.3 is 9.88 Å². The molecule has 0 amide bonds. The molecule has 2 aromatic carbocycles. The Balaban J connectivity index is 0.00000192. The first-order valence-electron chi connectivity index (χ1n) is 8.73. The van der Waals surface area contributed by atoms with Crippen molar-refractivity contribution in [2.45, 2.75) is 12.6 Å². The Labute approximate surface area is 171 Å². The van der Waals surface area contributed by atoms with Crippen molar-refractivity contribution in [3.8, 4) is 22.1 Å². The number of thiazole rings is 1. The first-order valence-corrected chi connectivity index (χ1v) is 9.61. The molecule has 0 saturated carbocycles. The summed E-state index contributed by atoms with van der Waals surface area (Å²) in [5, 5.41) is 15.3. The van der Waals surface area contributed by atoms with Crippen LogP contribution in [0.5, 0.6) is 0 Å². The molecule has 0 radical (unpaired) electrons. The largest absolute Gasteiger partial charge is 0.307 e. The highest BCUT2D eigenvalue weighted by Crippen LogP contribution is 2.31. The molecule has 3 heterocycles. The molecule has 1 unspecified atom stereocenters. The number of hydrogen-bond donors (Lipinski definition) is 1. The van der Waals surface area contributed by atoms with E-state index in [2.05, 4.69) is 32.2 Å². The molecule has 0 aliphatic carbocycles. The van der Waals surface area contributed by atoms with Gasteiger partial charge in [0.1, 0.15) is 16.5 Å². The molecule has 0 bridgehead atoms. The van der Waals surface area contributed by atoms with Crippen molar-refractivity contribution < 1.29 is 4.39 Å². The molecule has 5 nitrogen and oxygen atoms in total. The summed E-state index contributed by atoms with van der Waals surface area (Å²) in [5.74, 6) is 1.36. The number of benzene rings is 2. The van der Waals surface area contributed by atoms with Crippen LogP contribution >= 0.6 is 23.7 Å². The van der Waals surface area contributed by atoms with Crippen LogP contribution in [0.4, 0.5) is 4.39 Å². The minimum atomic E-state index is -0.243. The average molecular weight is 414 g/mol. The van der Waals surface area contributed by atoms with Crippen molar-refractivity contribution in [2.75, 3.05) is 6.54 Å². The van der Waals surface area contributed by atoms with E-state index in [4.69, 9.17) is 4.98 Å². The van der Waals surface area contributed by atoms with Crippen LogP contribution in [-0.4, -0.2) is 26.3 Å². The van der Waals surface area contributed by atoms with Gasteiger partial charge in [-0.15, -0.1) is 33.9 Å². The second-order valence-electron chi connectivity index (χ2n) is 6.38. The molecule has 5 rings (SSSR count). The third-order valence-corrected chi connectivity index (χ3v) is 5.57. The molecule has 1 aliphatic rings. The molecular formula is C20H17ClFN5S. The van der Waals surface area contributed by atoms with Gasteiger partial charge in [-0.25, -0.2) is 9.37 Å². The fourth-order valence-corrected chi connectivity index (χ4v) is 4.17. The number of nitrogens with zero attached hydrogens (tertiary/aromatic N) is 4. The van der Waals surface area contributed by atoms with Gasteiger partial charge in [-0.3, -0.25) is 0 Å². The first kappa shape index (κ1) is 18.7. The maximum absolute atomic E-state index is 13.3. The summed E-state index contributed by atoms with van der Waals surface area (Å²) in [4.78, 5) is 4.77. The van der Waals surface area contributed by atoms with E-state index in [1.807, 2.05) is 23.6 Å². The van der Waals surface area contributed by atoms with Gasteiger partial charge in [-0.1, -0.05) is 42.5 Å². The van der Waals surface area contributed by atoms with E-state index in [0.29, 0.717) is 0 Å². The zero-order chi connectivity index (χ0) is 18.2. The zero-order valence-corrected chi connectivity index (χ0v) is 16.4. The Kier molecular flexibility index (Phi) is 5.21. The predicted octanol–water partition coefficient (Wildman–Crippen LogP) is 4.32. The maximum Gasteiger partial charge on any atom is 0.183 e. The summed E-state index contributed by atoms with van der Waals surface area (Å²) in [7, 11) is 0. The van der Waals surface area contributed by atoms with Crippen molar-refractivity contribution in [2.24, 2.45) is 0 Å². The molecule has 2 aromatic heterocycles. The van der Waals surface area contributed by atoms with Gasteiger partial charge >= 0.3 is 0 Å². The number of hydrogen-bond acceptors (Lipinski definition) is 5. The number of nitrogens with one attached hydrogen (secondary N) is 1. The van der Waals surface area contributed by atoms with Crippen LogP contribution in [0.3, 0.4) is 0 Å². The summed E-state index contributed by atoms with van der Waals surface area (Å²) in [6, 6.07) is 16.5. The molecule has 4 aromatic rings. The fourth-order valence-electron chi connectivity index (χ4n) is 3.36. The van der Waals surface area contributed by atoms with Gasteiger partial charge in [0.05, 0.1) is 6.04 Å². The maximum atomic E-state index is 13.3. The van der Waals surface area contributed by atoms with Crippen molar-refractivity contribution in [1.82, 2.24) is 25.1 Å². The van der Waals surface area contributed by atoms with E-state index in [9.17, 15) is 4.39 Å². The van der Waals surface area contributed by atoms with Crippen LogP contribution in [0, 0.1) is 5.82 Å². The van der Waals surface area contributed by atoms with Gasteiger partial charge in [0, 0.05) is 24.0 Å². The number of aromatic nitrogens is 4. The molecule has 1 atom stereocenters. The van der Waals surface area contributed by atoms with Crippen LogP contribution in [0.25, 0.3) is 22.1 Å². The highest BCUT2D eigenvalue weighted by molar-refractivity contribution is 7.13. The van der Waals surface area contributed by atoms with Gasteiger partial charge in [-0.05, 0) is 17.7 Å². The van der Waals surface area contributed by atoms with Gasteiger partial charge in [0.25, 0.3) is 0 Å². The molecule has 28 heavy (non-hydrogen) atoms. The normalized spacial score (nSPS) is 15.7. The van der Waals surface area contributed by atoms with Crippen molar-refractivity contribution >= 4 is 23.7 Å². The Morgan fingerprint density at radius 3 is 2.61 bits per heavy atom. The topological polar surface area (TPSA) is 55.6 Å². The molecule has 8 heteroatoms. The molecule has 0 saturated heterocycles. The molecule has 0 fully saturated rings. The molecule has 0 spiro atoms. The lowest BCUT2D eigenvalue weighted by Crippen LogP contribution is -2.34. The monoisotopic (exact) mass is 413 g/mol. The smallest absolute Gasteiger partial charge is 0.183 e. The van der Waals surface area contributed by atoms with E-state index < -0.39 is 0 Å². The van der Waals surface area contributed by atoms with E-state index in [1.54, 1.807) is 23.5 Å². The standard InChI is InChI=1S/C20H16FN5S.ClH/c21-15-8-6-13(7-9-15)17-19-25-24-18(26(19)11-10-22-17)16-12-27-20(23-16)14-4-2-1-3-5-14;/h1-9,12,17,22H,10-11H2;1H. The molecule has 1 aliphatic heterocycles. The minimum absolute atomic E-state index is 0. The second kappa shape index (κ2) is 7.79. The average Bonchev–Trinajstić information content (AvgIpc) is 3.36. The third-order valence-electron chi connectivity index (χ3n) is 4.68. The van der Waals surface area contributed by atoms with E-state index >= 15 is 0 Å². The van der Waals surface area contributed by atoms with E-state index in [0.717, 1.165) is 46.6 Å². The molecule has 142 valence electrons. The lowest BCUT2D eigenvalue weighted by Gasteiger charge is -2.25. The fraction of sp³-hybridized carbons (Fsp3) is 0.150. The number of halogens is 2. The lowest BCUT2D eigenvalue weighted by atomic mass is 10.0.